The largest absolute Gasteiger partial charge is 0.595 e. The van der Waals surface area contributed by atoms with Gasteiger partial charge in [-0.15, -0.1) is 0 Å². The van der Waals surface area contributed by atoms with E-state index in [0.29, 0.717) is 16.4 Å². The minimum atomic E-state index is -1.42. The van der Waals surface area contributed by atoms with E-state index in [2.05, 4.69) is 0 Å². The predicted molar refractivity (Wildman–Crippen MR) is 115 cm³/mol. The topological polar surface area (TPSA) is 96.2 Å². The summed E-state index contributed by atoms with van der Waals surface area (Å²) in [6.07, 6.45) is 0. The predicted octanol–water partition coefficient (Wildman–Crippen LogP) is 3.12. The molecular formula is C22H20N2O5S. The van der Waals surface area contributed by atoms with Crippen LogP contribution in [0.5, 0.6) is 11.5 Å². The Hall–Kier alpha value is -3.04. The second-order valence-electron chi connectivity index (χ2n) is 6.70. The van der Waals surface area contributed by atoms with Crippen molar-refractivity contribution in [3.05, 3.63) is 71.4 Å². The molecule has 0 saturated heterocycles. The van der Waals surface area contributed by atoms with Gasteiger partial charge in [0.1, 0.15) is 11.5 Å². The van der Waals surface area contributed by atoms with Crippen LogP contribution in [0.2, 0.25) is 0 Å². The Balaban J connectivity index is 1.87. The molecule has 0 aliphatic rings. The molecule has 3 aromatic carbocycles. The summed E-state index contributed by atoms with van der Waals surface area (Å²) in [4.78, 5) is 5.35. The number of ether oxygens (including phenoxy) is 2. The van der Waals surface area contributed by atoms with Gasteiger partial charge in [0.15, 0.2) is 5.69 Å². The molecule has 0 aliphatic carbocycles. The fourth-order valence-corrected chi connectivity index (χ4v) is 4.79. The Morgan fingerprint density at radius 2 is 1.47 bits per heavy atom. The van der Waals surface area contributed by atoms with Crippen molar-refractivity contribution in [3.8, 4) is 11.5 Å². The third-order valence-corrected chi connectivity index (χ3v) is 6.35. The average molecular weight is 424 g/mol. The quantitative estimate of drug-likeness (QED) is 0.365. The molecule has 2 unspecified atom stereocenters. The molecule has 2 N–H and O–H groups in total. The van der Waals surface area contributed by atoms with Crippen LogP contribution in [0.25, 0.3) is 21.8 Å². The first-order chi connectivity index (χ1) is 14.5. The lowest BCUT2D eigenvalue weighted by Crippen LogP contribution is -2.99. The minimum absolute atomic E-state index is 0.193. The van der Waals surface area contributed by atoms with Gasteiger partial charge in [0.25, 0.3) is 0 Å². The van der Waals surface area contributed by atoms with E-state index in [4.69, 9.17) is 19.7 Å². The number of benzene rings is 3. The number of rotatable bonds is 6. The second-order valence-corrected chi connectivity index (χ2v) is 8.09. The van der Waals surface area contributed by atoms with E-state index in [1.54, 1.807) is 26.4 Å². The Labute approximate surface area is 175 Å². The van der Waals surface area contributed by atoms with E-state index in [1.165, 1.54) is 12.1 Å². The van der Waals surface area contributed by atoms with Gasteiger partial charge < -0.3 is 14.7 Å². The zero-order chi connectivity index (χ0) is 21.3. The molecule has 154 valence electrons. The lowest BCUT2D eigenvalue weighted by molar-refractivity contribution is -0.991. The second kappa shape index (κ2) is 8.37. The van der Waals surface area contributed by atoms with Crippen molar-refractivity contribution in [2.45, 2.75) is 10.6 Å². The van der Waals surface area contributed by atoms with Crippen LogP contribution in [0.15, 0.2) is 65.6 Å². The van der Waals surface area contributed by atoms with Crippen molar-refractivity contribution in [1.82, 2.24) is 4.98 Å². The first-order valence-corrected chi connectivity index (χ1v) is 10.5. The van der Waals surface area contributed by atoms with Gasteiger partial charge in [-0.3, -0.25) is 4.21 Å². The van der Waals surface area contributed by atoms with Crippen LogP contribution in [-0.2, 0) is 16.6 Å². The molecule has 0 aliphatic heterocycles. The van der Waals surface area contributed by atoms with Gasteiger partial charge in [0.05, 0.1) is 46.7 Å². The molecule has 0 radical (unpaired) electrons. The summed E-state index contributed by atoms with van der Waals surface area (Å²) >= 11 is 0. The van der Waals surface area contributed by atoms with Crippen LogP contribution >= 0.6 is 0 Å². The van der Waals surface area contributed by atoms with Crippen molar-refractivity contribution in [3.63, 3.8) is 0 Å². The first-order valence-electron chi connectivity index (χ1n) is 9.16. The molecule has 1 heterocycles. The van der Waals surface area contributed by atoms with Crippen LogP contribution < -0.4 is 14.7 Å². The smallest absolute Gasteiger partial charge is 0.163 e. The molecule has 0 saturated carbocycles. The van der Waals surface area contributed by atoms with Crippen LogP contribution in [-0.4, -0.2) is 28.6 Å². The summed E-state index contributed by atoms with van der Waals surface area (Å²) in [6, 6.07) is 17.4. The van der Waals surface area contributed by atoms with Crippen LogP contribution in [0, 0.1) is 5.21 Å². The van der Waals surface area contributed by atoms with Crippen LogP contribution in [0.3, 0.4) is 0 Å². The third kappa shape index (κ3) is 3.86. The molecule has 0 bridgehead atoms. The summed E-state index contributed by atoms with van der Waals surface area (Å²) in [5, 5.41) is 20.7. The molecule has 1 aromatic heterocycles. The molecule has 0 fully saturated rings. The highest BCUT2D eigenvalue weighted by molar-refractivity contribution is 7.84. The monoisotopic (exact) mass is 424 g/mol. The lowest BCUT2D eigenvalue weighted by Gasteiger charge is -2.14. The van der Waals surface area contributed by atoms with E-state index in [9.17, 15) is 9.42 Å². The Bertz CT molecular complexity index is 1180. The SMILES string of the molecule is COc1ccc2nc3ccc(OC)cc3c(S(=O)Cc3ccc([NH+]([O-])O)cc3)c2c1. The summed E-state index contributed by atoms with van der Waals surface area (Å²) in [5.41, 5.74) is 2.41. The third-order valence-electron chi connectivity index (χ3n) is 4.86. The van der Waals surface area contributed by atoms with Gasteiger partial charge in [-0.25, -0.2) is 10.2 Å². The van der Waals surface area contributed by atoms with Gasteiger partial charge in [-0.05, 0) is 42.0 Å². The molecule has 0 spiro atoms. The Morgan fingerprint density at radius 3 is 1.93 bits per heavy atom. The minimum Gasteiger partial charge on any atom is -0.595 e. The van der Waals surface area contributed by atoms with Crippen LogP contribution in [0.4, 0.5) is 5.69 Å². The number of pyridine rings is 1. The number of aromatic nitrogens is 1. The molecule has 2 atom stereocenters. The zero-order valence-electron chi connectivity index (χ0n) is 16.4. The zero-order valence-corrected chi connectivity index (χ0v) is 17.2. The summed E-state index contributed by atoms with van der Waals surface area (Å²) in [6.45, 7) is 0. The molecule has 0 amide bonds. The maximum atomic E-state index is 13.5. The van der Waals surface area contributed by atoms with Gasteiger partial charge in [0, 0.05) is 22.9 Å². The van der Waals surface area contributed by atoms with Gasteiger partial charge >= 0.3 is 0 Å². The summed E-state index contributed by atoms with van der Waals surface area (Å²) < 4.78 is 24.3. The number of nitrogens with one attached hydrogen (secondary N) is 1. The van der Waals surface area contributed by atoms with E-state index in [-0.39, 0.29) is 11.4 Å². The number of methoxy groups -OCH3 is 2. The Kier molecular flexibility index (Phi) is 5.65. The lowest BCUT2D eigenvalue weighted by atomic mass is 10.1. The van der Waals surface area contributed by atoms with E-state index in [1.807, 2.05) is 36.4 Å². The van der Waals surface area contributed by atoms with Gasteiger partial charge in [-0.1, -0.05) is 12.1 Å². The molecule has 7 nitrogen and oxygen atoms in total. The normalized spacial score (nSPS) is 13.3. The average Bonchev–Trinajstić information content (AvgIpc) is 2.76. The molecule has 30 heavy (non-hydrogen) atoms. The van der Waals surface area contributed by atoms with Crippen molar-refractivity contribution < 1.29 is 24.1 Å². The highest BCUT2D eigenvalue weighted by atomic mass is 32.2. The standard InChI is InChI=1S/C22H20N2O5S/c1-28-16-7-9-20-18(11-16)22(19-12-17(29-2)8-10-21(19)23-20)30(27)13-14-3-5-15(6-4-14)24(25)26/h3-12,24-25H,13H2,1-2H3. The van der Waals surface area contributed by atoms with E-state index < -0.39 is 16.0 Å². The van der Waals surface area contributed by atoms with Crippen molar-refractivity contribution in [2.24, 2.45) is 0 Å². The van der Waals surface area contributed by atoms with Gasteiger partial charge in [0.2, 0.25) is 0 Å². The molecular weight excluding hydrogens is 404 g/mol. The molecule has 8 heteroatoms. The number of nitrogens with zero attached hydrogens (tertiary/aromatic N) is 1. The first kappa shape index (κ1) is 20.2. The van der Waals surface area contributed by atoms with Gasteiger partial charge in [-0.2, -0.15) is 5.23 Å². The number of fused-ring (bicyclic) bond motifs is 2. The summed E-state index contributed by atoms with van der Waals surface area (Å²) in [7, 11) is 1.75. The Morgan fingerprint density at radius 1 is 0.933 bits per heavy atom. The molecule has 4 aromatic rings. The van der Waals surface area contributed by atoms with E-state index >= 15 is 0 Å². The summed E-state index contributed by atoms with van der Waals surface area (Å²) in [5.74, 6) is 1.54. The number of hydrogen-bond donors (Lipinski definition) is 2. The maximum absolute atomic E-state index is 13.5. The number of quaternary nitrogens is 1. The van der Waals surface area contributed by atoms with Crippen molar-refractivity contribution in [2.75, 3.05) is 14.2 Å². The van der Waals surface area contributed by atoms with Crippen molar-refractivity contribution in [1.29, 1.82) is 0 Å². The fourth-order valence-electron chi connectivity index (χ4n) is 3.33. The number of hydrogen-bond acceptors (Lipinski definition) is 6. The highest BCUT2D eigenvalue weighted by Crippen LogP contribution is 2.34. The maximum Gasteiger partial charge on any atom is 0.163 e. The van der Waals surface area contributed by atoms with Crippen molar-refractivity contribution >= 4 is 38.3 Å². The van der Waals surface area contributed by atoms with E-state index in [0.717, 1.165) is 27.4 Å². The van der Waals surface area contributed by atoms with Crippen LogP contribution in [0.1, 0.15) is 5.56 Å². The molecule has 4 rings (SSSR count). The fraction of sp³-hybridized carbons (Fsp3) is 0.136. The highest BCUT2D eigenvalue weighted by Gasteiger charge is 2.17.